The zero-order valence-electron chi connectivity index (χ0n) is 17.6. The topological polar surface area (TPSA) is 96.3 Å². The van der Waals surface area contributed by atoms with E-state index in [1.807, 2.05) is 19.1 Å². The number of amides is 1. The van der Waals surface area contributed by atoms with E-state index in [1.54, 1.807) is 24.3 Å². The van der Waals surface area contributed by atoms with Gasteiger partial charge in [0.05, 0.1) is 0 Å². The minimum absolute atomic E-state index is 0.150. The third-order valence-corrected chi connectivity index (χ3v) is 5.09. The van der Waals surface area contributed by atoms with Gasteiger partial charge < -0.3 is 5.11 Å². The molecule has 9 heteroatoms. The van der Waals surface area contributed by atoms with E-state index in [4.69, 9.17) is 16.7 Å². The van der Waals surface area contributed by atoms with E-state index < -0.39 is 11.9 Å². The van der Waals surface area contributed by atoms with Gasteiger partial charge in [-0.15, -0.1) is 0 Å². The Bertz CT molecular complexity index is 1100. The van der Waals surface area contributed by atoms with Crippen molar-refractivity contribution in [2.24, 2.45) is 0 Å². The number of aryl methyl sites for hydroxylation is 1. The zero-order valence-corrected chi connectivity index (χ0v) is 18.3. The molecule has 1 heterocycles. The molecule has 0 radical (unpaired) electrons. The van der Waals surface area contributed by atoms with Crippen LogP contribution in [0.25, 0.3) is 11.1 Å². The van der Waals surface area contributed by atoms with Crippen molar-refractivity contribution in [3.63, 3.8) is 0 Å². The van der Waals surface area contributed by atoms with E-state index >= 15 is 0 Å². The lowest BCUT2D eigenvalue weighted by Crippen LogP contribution is -2.37. The summed E-state index contributed by atoms with van der Waals surface area (Å²) in [5, 5.41) is 13.6. The number of carboxylic acids is 1. The third-order valence-electron chi connectivity index (χ3n) is 4.86. The van der Waals surface area contributed by atoms with Crippen molar-refractivity contribution in [3.05, 3.63) is 76.3 Å². The number of carbonyl (C=O) groups is 2. The number of carboxylic acid groups (broad SMARTS) is 1. The average Bonchev–Trinajstić information content (AvgIpc) is 3.16. The Hall–Kier alpha value is -3.23. The number of halogens is 2. The average molecular weight is 459 g/mol. The number of aromatic nitrogens is 2. The Labute approximate surface area is 190 Å². The lowest BCUT2D eigenvalue weighted by atomic mass is 10.0. The predicted octanol–water partition coefficient (Wildman–Crippen LogP) is 4.20. The number of unbranched alkanes of at least 4 members (excludes halogenated alkanes) is 1. The second-order valence-corrected chi connectivity index (χ2v) is 7.74. The smallest absolute Gasteiger partial charge is 0.325 e. The van der Waals surface area contributed by atoms with Gasteiger partial charge in [0, 0.05) is 22.8 Å². The van der Waals surface area contributed by atoms with Crippen LogP contribution >= 0.6 is 11.6 Å². The van der Waals surface area contributed by atoms with Crippen LogP contribution in [0.4, 0.5) is 4.39 Å². The number of hydrazine groups is 1. The van der Waals surface area contributed by atoms with E-state index in [1.165, 1.54) is 16.8 Å². The molecule has 0 saturated heterocycles. The van der Waals surface area contributed by atoms with E-state index in [9.17, 15) is 14.0 Å². The number of aliphatic carboxylic acids is 1. The fourth-order valence-electron chi connectivity index (χ4n) is 3.20. The van der Waals surface area contributed by atoms with Gasteiger partial charge in [-0.05, 0) is 48.2 Å². The number of carbonyl (C=O) groups excluding carboxylic acids is 1. The van der Waals surface area contributed by atoms with E-state index in [-0.39, 0.29) is 18.1 Å². The molecule has 3 rings (SSSR count). The lowest BCUT2D eigenvalue weighted by molar-refractivity contribution is -0.137. The van der Waals surface area contributed by atoms with Crippen molar-refractivity contribution in [3.8, 4) is 11.1 Å². The van der Waals surface area contributed by atoms with Crippen LogP contribution in [0, 0.1) is 5.82 Å². The minimum Gasteiger partial charge on any atom is -0.480 e. The van der Waals surface area contributed by atoms with Crippen LogP contribution in [0.15, 0.2) is 48.5 Å². The molecule has 0 fully saturated rings. The summed E-state index contributed by atoms with van der Waals surface area (Å²) in [6, 6.07) is 13.2. The quantitative estimate of drug-likeness (QED) is 0.395. The molecular formula is C23H24ClFN4O3. The molecule has 0 aliphatic carbocycles. The normalized spacial score (nSPS) is 10.8. The molecule has 0 aliphatic rings. The molecule has 1 amide bonds. The van der Waals surface area contributed by atoms with Crippen molar-refractivity contribution in [2.75, 3.05) is 0 Å². The van der Waals surface area contributed by atoms with Crippen LogP contribution in [0.3, 0.4) is 0 Å². The summed E-state index contributed by atoms with van der Waals surface area (Å²) in [4.78, 5) is 23.5. The number of benzene rings is 2. The summed E-state index contributed by atoms with van der Waals surface area (Å²) in [7, 11) is 0. The summed E-state index contributed by atoms with van der Waals surface area (Å²) in [5.74, 6) is -1.82. The Morgan fingerprint density at radius 2 is 1.91 bits per heavy atom. The monoisotopic (exact) mass is 458 g/mol. The highest BCUT2D eigenvalue weighted by Crippen LogP contribution is 2.26. The summed E-state index contributed by atoms with van der Waals surface area (Å²) >= 11 is 5.96. The van der Waals surface area contributed by atoms with Crippen LogP contribution in [0.5, 0.6) is 0 Å². The van der Waals surface area contributed by atoms with Crippen LogP contribution in [0.2, 0.25) is 5.02 Å². The second kappa shape index (κ2) is 10.9. The molecule has 32 heavy (non-hydrogen) atoms. The molecule has 0 aliphatic heterocycles. The molecule has 0 unspecified atom stereocenters. The standard InChI is InChI=1S/C23H24ClFN4O3/c1-2-3-4-18-12-21(28-29(18)14-22(30)31)23(32)27-26-13-15-5-7-16(8-6-15)19-11-17(24)9-10-20(19)25/h5-12,26H,2-4,13-14H2,1H3,(H,27,32)(H,30,31). The first kappa shape index (κ1) is 23.4. The molecular weight excluding hydrogens is 435 g/mol. The van der Waals surface area contributed by atoms with Crippen LogP contribution in [-0.4, -0.2) is 26.8 Å². The van der Waals surface area contributed by atoms with Crippen molar-refractivity contribution >= 4 is 23.5 Å². The highest BCUT2D eigenvalue weighted by Gasteiger charge is 2.15. The summed E-state index contributed by atoms with van der Waals surface area (Å²) in [6.45, 7) is 2.08. The van der Waals surface area contributed by atoms with Gasteiger partial charge in [-0.3, -0.25) is 19.7 Å². The fraction of sp³-hybridized carbons (Fsp3) is 0.261. The minimum atomic E-state index is -1.02. The lowest BCUT2D eigenvalue weighted by Gasteiger charge is -2.08. The molecule has 0 saturated carbocycles. The number of rotatable bonds is 10. The molecule has 0 atom stereocenters. The van der Waals surface area contributed by atoms with Crippen LogP contribution in [0.1, 0.15) is 41.5 Å². The maximum absolute atomic E-state index is 14.0. The Kier molecular flexibility index (Phi) is 7.97. The first-order chi connectivity index (χ1) is 15.4. The van der Waals surface area contributed by atoms with Crippen molar-refractivity contribution < 1.29 is 19.1 Å². The second-order valence-electron chi connectivity index (χ2n) is 7.30. The maximum atomic E-state index is 14.0. The Balaban J connectivity index is 1.59. The van der Waals surface area contributed by atoms with Gasteiger partial charge in [0.2, 0.25) is 0 Å². The summed E-state index contributed by atoms with van der Waals surface area (Å²) in [5.41, 5.74) is 8.25. The fourth-order valence-corrected chi connectivity index (χ4v) is 3.37. The molecule has 168 valence electrons. The Morgan fingerprint density at radius 3 is 2.59 bits per heavy atom. The first-order valence-electron chi connectivity index (χ1n) is 10.2. The molecule has 2 aromatic carbocycles. The number of nitrogens with zero attached hydrogens (tertiary/aromatic N) is 2. The molecule has 3 aromatic rings. The van der Waals surface area contributed by atoms with Gasteiger partial charge in [0.25, 0.3) is 5.91 Å². The number of hydrogen-bond donors (Lipinski definition) is 3. The number of hydrogen-bond acceptors (Lipinski definition) is 4. The molecule has 7 nitrogen and oxygen atoms in total. The highest BCUT2D eigenvalue weighted by molar-refractivity contribution is 6.30. The molecule has 0 bridgehead atoms. The largest absolute Gasteiger partial charge is 0.480 e. The first-order valence-corrected chi connectivity index (χ1v) is 10.6. The van der Waals surface area contributed by atoms with Gasteiger partial charge in [-0.25, -0.2) is 9.82 Å². The molecule has 0 spiro atoms. The highest BCUT2D eigenvalue weighted by atomic mass is 35.5. The van der Waals surface area contributed by atoms with Crippen molar-refractivity contribution in [1.82, 2.24) is 20.6 Å². The predicted molar refractivity (Wildman–Crippen MR) is 120 cm³/mol. The molecule has 1 aromatic heterocycles. The van der Waals surface area contributed by atoms with E-state index in [0.29, 0.717) is 34.8 Å². The van der Waals surface area contributed by atoms with Gasteiger partial charge in [-0.2, -0.15) is 5.10 Å². The van der Waals surface area contributed by atoms with Gasteiger partial charge in [0.1, 0.15) is 12.4 Å². The van der Waals surface area contributed by atoms with Crippen molar-refractivity contribution in [2.45, 2.75) is 39.3 Å². The van der Waals surface area contributed by atoms with E-state index in [0.717, 1.165) is 18.4 Å². The maximum Gasteiger partial charge on any atom is 0.325 e. The summed E-state index contributed by atoms with van der Waals surface area (Å²) in [6.07, 6.45) is 2.47. The SMILES string of the molecule is CCCCc1cc(C(=O)NNCc2ccc(-c3cc(Cl)ccc3F)cc2)nn1CC(=O)O. The van der Waals surface area contributed by atoms with Gasteiger partial charge >= 0.3 is 5.97 Å². The number of nitrogens with one attached hydrogen (secondary N) is 2. The van der Waals surface area contributed by atoms with E-state index in [2.05, 4.69) is 16.0 Å². The third kappa shape index (κ3) is 6.15. The molecule has 3 N–H and O–H groups in total. The zero-order chi connectivity index (χ0) is 23.1. The van der Waals surface area contributed by atoms with Gasteiger partial charge in [-0.1, -0.05) is 49.2 Å². The van der Waals surface area contributed by atoms with Gasteiger partial charge in [0.15, 0.2) is 5.69 Å². The van der Waals surface area contributed by atoms with Crippen LogP contribution < -0.4 is 10.9 Å². The van der Waals surface area contributed by atoms with Crippen molar-refractivity contribution in [1.29, 1.82) is 0 Å². The Morgan fingerprint density at radius 1 is 1.16 bits per heavy atom. The van der Waals surface area contributed by atoms with Crippen LogP contribution in [-0.2, 0) is 24.3 Å². The summed E-state index contributed by atoms with van der Waals surface area (Å²) < 4.78 is 15.4.